The van der Waals surface area contributed by atoms with Gasteiger partial charge in [0.1, 0.15) is 0 Å². The second-order valence-electron chi connectivity index (χ2n) is 1.83. The highest BCUT2D eigenvalue weighted by Crippen LogP contribution is 1.88. The van der Waals surface area contributed by atoms with E-state index in [1.807, 2.05) is 7.05 Å². The van der Waals surface area contributed by atoms with Gasteiger partial charge in [-0.3, -0.25) is 5.41 Å². The van der Waals surface area contributed by atoms with Crippen LogP contribution in [-0.2, 0) is 4.74 Å². The number of rotatable bonds is 4. The molecule has 0 aromatic rings. The Morgan fingerprint density at radius 2 is 2.33 bits per heavy atom. The molecule has 0 aromatic heterocycles. The topological polar surface area (TPSA) is 45.1 Å². The van der Waals surface area contributed by atoms with Gasteiger partial charge in [-0.1, -0.05) is 0 Å². The highest BCUT2D eigenvalue weighted by Gasteiger charge is 1.91. The Bertz CT molecular complexity index is 83.1. The molecule has 0 aliphatic carbocycles. The van der Waals surface area contributed by atoms with Gasteiger partial charge in [0.05, 0.1) is 7.11 Å². The van der Waals surface area contributed by atoms with Gasteiger partial charge in [0.2, 0.25) is 0 Å². The summed E-state index contributed by atoms with van der Waals surface area (Å²) in [5.41, 5.74) is 0. The van der Waals surface area contributed by atoms with Crippen molar-refractivity contribution in [1.82, 2.24) is 5.32 Å². The van der Waals surface area contributed by atoms with Gasteiger partial charge < -0.3 is 10.1 Å². The molecule has 0 aliphatic heterocycles. The minimum Gasteiger partial charge on any atom is -0.484 e. The van der Waals surface area contributed by atoms with Crippen molar-refractivity contribution in [2.24, 2.45) is 0 Å². The van der Waals surface area contributed by atoms with Crippen molar-refractivity contribution in [3.05, 3.63) is 0 Å². The molecular weight excluding hydrogens is 116 g/mol. The highest BCUT2D eigenvalue weighted by atomic mass is 16.5. The smallest absolute Gasteiger partial charge is 0.180 e. The summed E-state index contributed by atoms with van der Waals surface area (Å²) in [6.07, 6.45) is 1.71. The molecule has 54 valence electrons. The Hall–Kier alpha value is -0.570. The zero-order valence-electron chi connectivity index (χ0n) is 6.03. The summed E-state index contributed by atoms with van der Waals surface area (Å²) in [6, 6.07) is 0. The Kier molecular flexibility index (Phi) is 5.21. The van der Waals surface area contributed by atoms with Crippen molar-refractivity contribution in [1.29, 1.82) is 5.41 Å². The van der Waals surface area contributed by atoms with Crippen molar-refractivity contribution in [3.8, 4) is 0 Å². The van der Waals surface area contributed by atoms with Crippen LogP contribution in [-0.4, -0.2) is 26.6 Å². The molecule has 9 heavy (non-hydrogen) atoms. The lowest BCUT2D eigenvalue weighted by atomic mass is 10.3. The molecule has 0 saturated heterocycles. The van der Waals surface area contributed by atoms with Crippen LogP contribution < -0.4 is 5.32 Å². The molecule has 0 saturated carbocycles. The average molecular weight is 130 g/mol. The maximum Gasteiger partial charge on any atom is 0.180 e. The van der Waals surface area contributed by atoms with E-state index in [0.717, 1.165) is 19.4 Å². The monoisotopic (exact) mass is 130 g/mol. The summed E-state index contributed by atoms with van der Waals surface area (Å²) in [7, 11) is 3.43. The molecule has 3 heteroatoms. The fourth-order valence-corrected chi connectivity index (χ4v) is 0.528. The number of hydrogen-bond donors (Lipinski definition) is 2. The van der Waals surface area contributed by atoms with Crippen LogP contribution in [0.25, 0.3) is 0 Å². The van der Waals surface area contributed by atoms with E-state index in [1.54, 1.807) is 0 Å². The minimum atomic E-state index is 0.366. The molecule has 0 fully saturated rings. The second kappa shape index (κ2) is 5.56. The Morgan fingerprint density at radius 3 is 2.78 bits per heavy atom. The summed E-state index contributed by atoms with van der Waals surface area (Å²) in [4.78, 5) is 0. The first-order valence-electron chi connectivity index (χ1n) is 3.07. The molecule has 0 amide bonds. The minimum absolute atomic E-state index is 0.366. The molecule has 0 aromatic carbocycles. The molecule has 0 heterocycles. The van der Waals surface area contributed by atoms with Gasteiger partial charge in [-0.05, 0) is 20.0 Å². The third-order valence-electron chi connectivity index (χ3n) is 1.08. The van der Waals surface area contributed by atoms with E-state index in [2.05, 4.69) is 10.1 Å². The molecule has 3 nitrogen and oxygen atoms in total. The molecule has 0 unspecified atom stereocenters. The van der Waals surface area contributed by atoms with E-state index in [1.165, 1.54) is 7.11 Å². The van der Waals surface area contributed by atoms with Gasteiger partial charge in [-0.15, -0.1) is 0 Å². The Balaban J connectivity index is 2.97. The maximum atomic E-state index is 7.07. The molecule has 0 radical (unpaired) electrons. The Morgan fingerprint density at radius 1 is 1.67 bits per heavy atom. The molecule has 0 spiro atoms. The third-order valence-corrected chi connectivity index (χ3v) is 1.08. The van der Waals surface area contributed by atoms with Crippen LogP contribution in [0, 0.1) is 5.41 Å². The fraction of sp³-hybridized carbons (Fsp3) is 0.833. The van der Waals surface area contributed by atoms with Crippen LogP contribution in [0.4, 0.5) is 0 Å². The standard InChI is InChI=1S/C6H14N2O/c1-8-5-3-4-6(7)9-2/h7-8H,3-5H2,1-2H3. The van der Waals surface area contributed by atoms with Crippen molar-refractivity contribution in [2.75, 3.05) is 20.7 Å². The van der Waals surface area contributed by atoms with E-state index in [0.29, 0.717) is 5.90 Å². The quantitative estimate of drug-likeness (QED) is 0.333. The Labute approximate surface area is 55.9 Å². The first kappa shape index (κ1) is 8.43. The molecule has 0 bridgehead atoms. The zero-order valence-corrected chi connectivity index (χ0v) is 6.03. The zero-order chi connectivity index (χ0) is 7.11. The van der Waals surface area contributed by atoms with Gasteiger partial charge in [0, 0.05) is 6.42 Å². The number of methoxy groups -OCH3 is 1. The van der Waals surface area contributed by atoms with Crippen molar-refractivity contribution >= 4 is 5.90 Å². The first-order chi connectivity index (χ1) is 4.31. The van der Waals surface area contributed by atoms with Crippen LogP contribution in [0.1, 0.15) is 12.8 Å². The molecule has 0 rings (SSSR count). The van der Waals surface area contributed by atoms with Crippen LogP contribution in [0.3, 0.4) is 0 Å². The molecular formula is C6H14N2O. The average Bonchev–Trinajstić information content (AvgIpc) is 1.89. The molecule has 0 atom stereocenters. The van der Waals surface area contributed by atoms with Crippen molar-refractivity contribution in [3.63, 3.8) is 0 Å². The number of nitrogens with one attached hydrogen (secondary N) is 2. The molecule has 0 aliphatic rings. The predicted molar refractivity (Wildman–Crippen MR) is 37.9 cm³/mol. The van der Waals surface area contributed by atoms with Gasteiger partial charge in [-0.2, -0.15) is 0 Å². The number of ether oxygens (including phenoxy) is 1. The van der Waals surface area contributed by atoms with Crippen molar-refractivity contribution in [2.45, 2.75) is 12.8 Å². The first-order valence-corrected chi connectivity index (χ1v) is 3.07. The third kappa shape index (κ3) is 5.30. The summed E-state index contributed by atoms with van der Waals surface area (Å²) in [5.74, 6) is 0.366. The van der Waals surface area contributed by atoms with Crippen LogP contribution >= 0.6 is 0 Å². The van der Waals surface area contributed by atoms with E-state index >= 15 is 0 Å². The SMILES string of the molecule is CNCCCC(=N)OC. The second-order valence-corrected chi connectivity index (χ2v) is 1.83. The van der Waals surface area contributed by atoms with Gasteiger partial charge in [-0.25, -0.2) is 0 Å². The number of hydrogen-bond acceptors (Lipinski definition) is 3. The summed E-state index contributed by atoms with van der Waals surface area (Å²) in [6.45, 7) is 0.950. The normalized spacial score (nSPS) is 9.11. The fourth-order valence-electron chi connectivity index (χ4n) is 0.528. The van der Waals surface area contributed by atoms with Crippen LogP contribution in [0.15, 0.2) is 0 Å². The van der Waals surface area contributed by atoms with E-state index < -0.39 is 0 Å². The summed E-state index contributed by atoms with van der Waals surface area (Å²) >= 11 is 0. The van der Waals surface area contributed by atoms with Gasteiger partial charge in [0.25, 0.3) is 0 Å². The summed E-state index contributed by atoms with van der Waals surface area (Å²) < 4.78 is 4.65. The lowest BCUT2D eigenvalue weighted by molar-refractivity contribution is 0.384. The molecule has 2 N–H and O–H groups in total. The van der Waals surface area contributed by atoms with Crippen LogP contribution in [0.5, 0.6) is 0 Å². The highest BCUT2D eigenvalue weighted by molar-refractivity contribution is 5.72. The van der Waals surface area contributed by atoms with Gasteiger partial charge >= 0.3 is 0 Å². The van der Waals surface area contributed by atoms with E-state index in [-0.39, 0.29) is 0 Å². The van der Waals surface area contributed by atoms with Gasteiger partial charge in [0.15, 0.2) is 5.90 Å². The maximum absolute atomic E-state index is 7.07. The lowest BCUT2D eigenvalue weighted by Gasteiger charge is -1.99. The largest absolute Gasteiger partial charge is 0.484 e. The predicted octanol–water partition coefficient (Wildman–Crippen LogP) is 0.610. The van der Waals surface area contributed by atoms with Crippen molar-refractivity contribution < 1.29 is 4.74 Å². The summed E-state index contributed by atoms with van der Waals surface area (Å²) in [5, 5.41) is 10.1. The van der Waals surface area contributed by atoms with E-state index in [4.69, 9.17) is 5.41 Å². The lowest BCUT2D eigenvalue weighted by Crippen LogP contribution is -2.10. The van der Waals surface area contributed by atoms with Crippen LogP contribution in [0.2, 0.25) is 0 Å². The van der Waals surface area contributed by atoms with E-state index in [9.17, 15) is 0 Å².